The van der Waals surface area contributed by atoms with Gasteiger partial charge in [-0.1, -0.05) is 11.3 Å². The smallest absolute Gasteiger partial charge is 0.272 e. The molecule has 8 nitrogen and oxygen atoms in total. The van der Waals surface area contributed by atoms with Crippen LogP contribution >= 0.6 is 11.3 Å². The number of nitrogens with zero attached hydrogens (tertiary/aromatic N) is 2. The first-order valence-electron chi connectivity index (χ1n) is 7.78. The van der Waals surface area contributed by atoms with Gasteiger partial charge in [0.1, 0.15) is 13.2 Å². The molecule has 132 valence electrons. The fraction of sp³-hybridized carbons (Fsp3) is 0.176. The predicted octanol–water partition coefficient (Wildman–Crippen LogP) is 3.54. The zero-order chi connectivity index (χ0) is 18.3. The van der Waals surface area contributed by atoms with Gasteiger partial charge >= 0.3 is 0 Å². The van der Waals surface area contributed by atoms with Crippen LogP contribution in [0.3, 0.4) is 0 Å². The molecular formula is C17H13N3O5S. The van der Waals surface area contributed by atoms with Crippen molar-refractivity contribution >= 4 is 38.3 Å². The molecule has 0 saturated carbocycles. The molecule has 26 heavy (non-hydrogen) atoms. The minimum atomic E-state index is -0.476. The van der Waals surface area contributed by atoms with E-state index in [4.69, 9.17) is 9.47 Å². The van der Waals surface area contributed by atoms with E-state index in [0.717, 1.165) is 4.70 Å². The van der Waals surface area contributed by atoms with Gasteiger partial charge in [0.15, 0.2) is 16.6 Å². The third-order valence-corrected chi connectivity index (χ3v) is 4.86. The second-order valence-electron chi connectivity index (χ2n) is 5.70. The van der Waals surface area contributed by atoms with Gasteiger partial charge in [-0.2, -0.15) is 0 Å². The van der Waals surface area contributed by atoms with Crippen LogP contribution in [0.5, 0.6) is 11.5 Å². The maximum atomic E-state index is 12.4. The highest BCUT2D eigenvalue weighted by atomic mass is 32.1. The second-order valence-corrected chi connectivity index (χ2v) is 6.73. The van der Waals surface area contributed by atoms with E-state index in [9.17, 15) is 14.9 Å². The molecule has 0 bridgehead atoms. The second kappa shape index (κ2) is 6.26. The number of ether oxygens (including phenoxy) is 2. The van der Waals surface area contributed by atoms with E-state index in [2.05, 4.69) is 10.3 Å². The van der Waals surface area contributed by atoms with E-state index in [-0.39, 0.29) is 11.6 Å². The number of amides is 1. The summed E-state index contributed by atoms with van der Waals surface area (Å²) in [6.07, 6.45) is 0. The number of carbonyl (C=O) groups is 1. The summed E-state index contributed by atoms with van der Waals surface area (Å²) in [4.78, 5) is 27.2. The van der Waals surface area contributed by atoms with Crippen molar-refractivity contribution in [1.82, 2.24) is 4.98 Å². The number of fused-ring (bicyclic) bond motifs is 2. The lowest BCUT2D eigenvalue weighted by atomic mass is 10.1. The van der Waals surface area contributed by atoms with Crippen molar-refractivity contribution in [2.24, 2.45) is 0 Å². The van der Waals surface area contributed by atoms with E-state index in [0.29, 0.717) is 46.5 Å². The number of aromatic nitrogens is 1. The number of benzene rings is 2. The van der Waals surface area contributed by atoms with Crippen LogP contribution in [0.1, 0.15) is 15.9 Å². The fourth-order valence-corrected chi connectivity index (χ4v) is 3.56. The summed E-state index contributed by atoms with van der Waals surface area (Å²) in [6, 6.07) is 7.86. The van der Waals surface area contributed by atoms with Gasteiger partial charge in [-0.3, -0.25) is 20.2 Å². The first-order chi connectivity index (χ1) is 12.5. The Balaban J connectivity index is 1.59. The summed E-state index contributed by atoms with van der Waals surface area (Å²) >= 11 is 1.32. The summed E-state index contributed by atoms with van der Waals surface area (Å²) < 4.78 is 11.9. The average Bonchev–Trinajstić information content (AvgIpc) is 3.00. The van der Waals surface area contributed by atoms with Crippen LogP contribution in [0.2, 0.25) is 0 Å². The van der Waals surface area contributed by atoms with Gasteiger partial charge < -0.3 is 9.47 Å². The summed E-state index contributed by atoms with van der Waals surface area (Å²) in [5, 5.41) is 14.0. The van der Waals surface area contributed by atoms with E-state index < -0.39 is 4.92 Å². The van der Waals surface area contributed by atoms with Crippen molar-refractivity contribution in [3.05, 3.63) is 51.6 Å². The monoisotopic (exact) mass is 371 g/mol. The van der Waals surface area contributed by atoms with Gasteiger partial charge in [-0.25, -0.2) is 4.98 Å². The predicted molar refractivity (Wildman–Crippen MR) is 96.4 cm³/mol. The van der Waals surface area contributed by atoms with E-state index in [1.165, 1.54) is 29.5 Å². The van der Waals surface area contributed by atoms with Crippen molar-refractivity contribution in [1.29, 1.82) is 0 Å². The number of aryl methyl sites for hydroxylation is 1. The molecule has 1 aromatic heterocycles. The Labute approximate surface area is 151 Å². The van der Waals surface area contributed by atoms with Gasteiger partial charge in [0.2, 0.25) is 0 Å². The summed E-state index contributed by atoms with van der Waals surface area (Å²) in [5.74, 6) is 0.925. The molecule has 0 unspecified atom stereocenters. The Kier molecular flexibility index (Phi) is 3.92. The van der Waals surface area contributed by atoms with Crippen molar-refractivity contribution in [3.8, 4) is 11.5 Å². The Morgan fingerprint density at radius 3 is 2.65 bits per heavy atom. The standard InChI is InChI=1S/C17H13N3O5S/c1-9-6-10(2-3-12(9)20(22)23)16(21)19-17-18-11-7-13-14(8-15(11)26-17)25-5-4-24-13/h2-3,6-8H,4-5H2,1H3,(H,18,19,21). The summed E-state index contributed by atoms with van der Waals surface area (Å²) in [7, 11) is 0. The lowest BCUT2D eigenvalue weighted by molar-refractivity contribution is -0.385. The van der Waals surface area contributed by atoms with Crippen LogP contribution in [-0.4, -0.2) is 29.0 Å². The Morgan fingerprint density at radius 2 is 1.96 bits per heavy atom. The molecule has 2 aromatic carbocycles. The number of hydrogen-bond donors (Lipinski definition) is 1. The molecule has 4 rings (SSSR count). The van der Waals surface area contributed by atoms with E-state index in [1.807, 2.05) is 6.07 Å². The third kappa shape index (κ3) is 2.93. The van der Waals surface area contributed by atoms with Gasteiger partial charge in [0.25, 0.3) is 11.6 Å². The number of hydrogen-bond acceptors (Lipinski definition) is 7. The molecule has 0 spiro atoms. The first-order valence-corrected chi connectivity index (χ1v) is 8.59. The topological polar surface area (TPSA) is 104 Å². The molecular weight excluding hydrogens is 358 g/mol. The molecule has 0 radical (unpaired) electrons. The Morgan fingerprint density at radius 1 is 1.23 bits per heavy atom. The third-order valence-electron chi connectivity index (χ3n) is 3.93. The lowest BCUT2D eigenvalue weighted by Gasteiger charge is -2.17. The number of anilines is 1. The number of nitro groups is 1. The van der Waals surface area contributed by atoms with Gasteiger partial charge in [0.05, 0.1) is 15.1 Å². The summed E-state index contributed by atoms with van der Waals surface area (Å²) in [5.41, 5.74) is 1.44. The van der Waals surface area contributed by atoms with Crippen LogP contribution in [0.15, 0.2) is 30.3 Å². The average molecular weight is 371 g/mol. The van der Waals surface area contributed by atoms with Crippen molar-refractivity contribution in [2.75, 3.05) is 18.5 Å². The Hall–Kier alpha value is -3.20. The molecule has 1 aliphatic rings. The highest BCUT2D eigenvalue weighted by Gasteiger charge is 2.18. The minimum absolute atomic E-state index is 0.0212. The van der Waals surface area contributed by atoms with Crippen LogP contribution in [-0.2, 0) is 0 Å². The van der Waals surface area contributed by atoms with Crippen molar-refractivity contribution in [2.45, 2.75) is 6.92 Å². The maximum Gasteiger partial charge on any atom is 0.272 e. The van der Waals surface area contributed by atoms with E-state index >= 15 is 0 Å². The number of nitro benzene ring substituents is 1. The van der Waals surface area contributed by atoms with Crippen LogP contribution in [0, 0.1) is 17.0 Å². The zero-order valence-electron chi connectivity index (χ0n) is 13.6. The minimum Gasteiger partial charge on any atom is -0.486 e. The zero-order valence-corrected chi connectivity index (χ0v) is 14.5. The molecule has 0 atom stereocenters. The lowest BCUT2D eigenvalue weighted by Crippen LogP contribution is -2.15. The molecule has 0 aliphatic carbocycles. The highest BCUT2D eigenvalue weighted by molar-refractivity contribution is 7.22. The molecule has 1 amide bonds. The fourth-order valence-electron chi connectivity index (χ4n) is 2.69. The maximum absolute atomic E-state index is 12.4. The largest absolute Gasteiger partial charge is 0.486 e. The summed E-state index contributed by atoms with van der Waals surface area (Å²) in [6.45, 7) is 2.59. The first kappa shape index (κ1) is 16.3. The molecule has 3 aromatic rings. The molecule has 9 heteroatoms. The SMILES string of the molecule is Cc1cc(C(=O)Nc2nc3cc4c(cc3s2)OCCO4)ccc1[N+](=O)[O-]. The van der Waals surface area contributed by atoms with Crippen LogP contribution in [0.4, 0.5) is 10.8 Å². The van der Waals surface area contributed by atoms with Crippen LogP contribution in [0.25, 0.3) is 10.2 Å². The number of nitrogens with one attached hydrogen (secondary N) is 1. The molecule has 0 saturated heterocycles. The Bertz CT molecular complexity index is 1000. The molecule has 0 fully saturated rings. The van der Waals surface area contributed by atoms with Gasteiger partial charge in [-0.15, -0.1) is 0 Å². The van der Waals surface area contributed by atoms with Crippen molar-refractivity contribution < 1.29 is 19.2 Å². The van der Waals surface area contributed by atoms with Gasteiger partial charge in [0, 0.05) is 29.3 Å². The van der Waals surface area contributed by atoms with Crippen molar-refractivity contribution in [3.63, 3.8) is 0 Å². The highest BCUT2D eigenvalue weighted by Crippen LogP contribution is 2.37. The molecule has 2 heterocycles. The van der Waals surface area contributed by atoms with E-state index in [1.54, 1.807) is 13.0 Å². The number of thiazole rings is 1. The quantitative estimate of drug-likeness (QED) is 0.558. The molecule has 1 N–H and O–H groups in total. The van der Waals surface area contributed by atoms with Crippen LogP contribution < -0.4 is 14.8 Å². The number of rotatable bonds is 3. The normalized spacial score (nSPS) is 12.8. The van der Waals surface area contributed by atoms with Gasteiger partial charge in [-0.05, 0) is 19.1 Å². The number of carbonyl (C=O) groups excluding carboxylic acids is 1. The molecule has 1 aliphatic heterocycles.